The van der Waals surface area contributed by atoms with Gasteiger partial charge in [0.2, 0.25) is 11.1 Å². The lowest BCUT2D eigenvalue weighted by atomic mass is 10.1. The SMILES string of the molecule is Cc1ccc(-c2nc(SCC(=O)Nc3ccc(I)cc3)n[nH]2)cc1. The topological polar surface area (TPSA) is 70.7 Å². The van der Waals surface area contributed by atoms with Crippen LogP contribution in [0.3, 0.4) is 0 Å². The summed E-state index contributed by atoms with van der Waals surface area (Å²) in [7, 11) is 0. The maximum Gasteiger partial charge on any atom is 0.234 e. The first-order chi connectivity index (χ1) is 11.6. The summed E-state index contributed by atoms with van der Waals surface area (Å²) in [5, 5.41) is 10.5. The Hall–Kier alpha value is -1.87. The molecule has 24 heavy (non-hydrogen) atoms. The molecule has 0 atom stereocenters. The number of carbonyl (C=O) groups is 1. The van der Waals surface area contributed by atoms with E-state index >= 15 is 0 Å². The van der Waals surface area contributed by atoms with Gasteiger partial charge in [-0.2, -0.15) is 0 Å². The Morgan fingerprint density at radius 3 is 2.58 bits per heavy atom. The standard InChI is InChI=1S/C17H15IN4OS/c1-11-2-4-12(5-3-11)16-20-17(22-21-16)24-10-15(23)19-14-8-6-13(18)7-9-14/h2-9H,10H2,1H3,(H,19,23)(H,20,21,22). The second-order valence-corrected chi connectivity index (χ2v) is 7.36. The summed E-state index contributed by atoms with van der Waals surface area (Å²) in [4.78, 5) is 16.4. The van der Waals surface area contributed by atoms with Crippen molar-refractivity contribution in [2.75, 3.05) is 11.1 Å². The number of nitrogens with one attached hydrogen (secondary N) is 2. The molecular weight excluding hydrogens is 435 g/mol. The summed E-state index contributed by atoms with van der Waals surface area (Å²) in [6, 6.07) is 15.7. The first-order valence-corrected chi connectivity index (χ1v) is 9.34. The molecule has 1 heterocycles. The van der Waals surface area contributed by atoms with E-state index in [1.165, 1.54) is 17.3 Å². The van der Waals surface area contributed by atoms with E-state index in [1.54, 1.807) is 0 Å². The number of hydrogen-bond acceptors (Lipinski definition) is 4. The summed E-state index contributed by atoms with van der Waals surface area (Å²) in [6.07, 6.45) is 0. The summed E-state index contributed by atoms with van der Waals surface area (Å²) in [5.41, 5.74) is 2.96. The van der Waals surface area contributed by atoms with Gasteiger partial charge in [-0.25, -0.2) is 4.98 Å². The molecule has 7 heteroatoms. The minimum Gasteiger partial charge on any atom is -0.325 e. The molecule has 2 N–H and O–H groups in total. The van der Waals surface area contributed by atoms with Gasteiger partial charge in [0.25, 0.3) is 0 Å². The fourth-order valence-corrected chi connectivity index (χ4v) is 2.97. The smallest absolute Gasteiger partial charge is 0.234 e. The van der Waals surface area contributed by atoms with E-state index in [9.17, 15) is 4.79 Å². The second kappa shape index (κ2) is 7.80. The number of nitrogens with zero attached hydrogens (tertiary/aromatic N) is 2. The van der Waals surface area contributed by atoms with E-state index in [4.69, 9.17) is 0 Å². The fourth-order valence-electron chi connectivity index (χ4n) is 2.01. The van der Waals surface area contributed by atoms with Crippen LogP contribution in [0, 0.1) is 10.5 Å². The Morgan fingerprint density at radius 1 is 1.17 bits per heavy atom. The molecule has 0 radical (unpaired) electrons. The molecule has 0 aliphatic heterocycles. The Kier molecular flexibility index (Phi) is 5.52. The minimum atomic E-state index is -0.0807. The van der Waals surface area contributed by atoms with Crippen LogP contribution in [0.4, 0.5) is 5.69 Å². The van der Waals surface area contributed by atoms with Crippen molar-refractivity contribution in [1.29, 1.82) is 0 Å². The molecule has 1 aromatic heterocycles. The van der Waals surface area contributed by atoms with Gasteiger partial charge in [-0.1, -0.05) is 41.6 Å². The number of hydrogen-bond donors (Lipinski definition) is 2. The van der Waals surface area contributed by atoms with Crippen LogP contribution in [0.5, 0.6) is 0 Å². The highest BCUT2D eigenvalue weighted by Crippen LogP contribution is 2.20. The van der Waals surface area contributed by atoms with Gasteiger partial charge in [0.1, 0.15) is 0 Å². The van der Waals surface area contributed by atoms with Gasteiger partial charge < -0.3 is 5.32 Å². The van der Waals surface area contributed by atoms with Gasteiger partial charge in [0.05, 0.1) is 5.75 Å². The third-order valence-corrected chi connectivity index (χ3v) is 4.82. The van der Waals surface area contributed by atoms with Crippen LogP contribution in [0.15, 0.2) is 53.7 Å². The van der Waals surface area contributed by atoms with Crippen molar-refractivity contribution < 1.29 is 4.79 Å². The van der Waals surface area contributed by atoms with Crippen molar-refractivity contribution in [3.63, 3.8) is 0 Å². The molecule has 1 amide bonds. The van der Waals surface area contributed by atoms with Crippen LogP contribution in [-0.4, -0.2) is 26.8 Å². The highest BCUT2D eigenvalue weighted by Gasteiger charge is 2.09. The molecule has 3 rings (SSSR count). The number of anilines is 1. The van der Waals surface area contributed by atoms with Crippen LogP contribution in [0.25, 0.3) is 11.4 Å². The van der Waals surface area contributed by atoms with E-state index in [-0.39, 0.29) is 11.7 Å². The largest absolute Gasteiger partial charge is 0.325 e. The zero-order valence-corrected chi connectivity index (χ0v) is 15.9. The second-order valence-electron chi connectivity index (χ2n) is 5.18. The molecule has 0 aliphatic carbocycles. The molecule has 0 saturated heterocycles. The molecule has 0 bridgehead atoms. The number of aryl methyl sites for hydroxylation is 1. The van der Waals surface area contributed by atoms with Crippen molar-refractivity contribution in [1.82, 2.24) is 15.2 Å². The first-order valence-electron chi connectivity index (χ1n) is 7.28. The Morgan fingerprint density at radius 2 is 1.88 bits per heavy atom. The van der Waals surface area contributed by atoms with E-state index in [0.717, 1.165) is 14.8 Å². The number of benzene rings is 2. The predicted molar refractivity (Wildman–Crippen MR) is 105 cm³/mol. The lowest BCUT2D eigenvalue weighted by Crippen LogP contribution is -2.14. The molecule has 0 fully saturated rings. The van der Waals surface area contributed by atoms with Crippen molar-refractivity contribution >= 4 is 45.9 Å². The number of carbonyl (C=O) groups excluding carboxylic acids is 1. The molecule has 3 aromatic rings. The third-order valence-electron chi connectivity index (χ3n) is 3.25. The average molecular weight is 450 g/mol. The van der Waals surface area contributed by atoms with Crippen LogP contribution in [0.2, 0.25) is 0 Å². The highest BCUT2D eigenvalue weighted by atomic mass is 127. The normalized spacial score (nSPS) is 10.6. The van der Waals surface area contributed by atoms with Crippen LogP contribution in [0.1, 0.15) is 5.56 Å². The predicted octanol–water partition coefficient (Wildman–Crippen LogP) is 4.12. The fraction of sp³-hybridized carbons (Fsp3) is 0.118. The number of amides is 1. The van der Waals surface area contributed by atoms with E-state index in [2.05, 4.69) is 43.1 Å². The highest BCUT2D eigenvalue weighted by molar-refractivity contribution is 14.1. The quantitative estimate of drug-likeness (QED) is 0.454. The lowest BCUT2D eigenvalue weighted by molar-refractivity contribution is -0.113. The zero-order chi connectivity index (χ0) is 16.9. The van der Waals surface area contributed by atoms with Crippen molar-refractivity contribution in [3.8, 4) is 11.4 Å². The van der Waals surface area contributed by atoms with Crippen LogP contribution >= 0.6 is 34.4 Å². The zero-order valence-electron chi connectivity index (χ0n) is 12.9. The van der Waals surface area contributed by atoms with Crippen molar-refractivity contribution in [3.05, 3.63) is 57.7 Å². The van der Waals surface area contributed by atoms with E-state index in [0.29, 0.717) is 11.0 Å². The monoisotopic (exact) mass is 450 g/mol. The van der Waals surface area contributed by atoms with E-state index < -0.39 is 0 Å². The number of halogens is 1. The molecule has 0 aliphatic rings. The van der Waals surface area contributed by atoms with Crippen molar-refractivity contribution in [2.45, 2.75) is 12.1 Å². The Bertz CT molecular complexity index is 831. The van der Waals surface area contributed by atoms with Gasteiger partial charge in [-0.15, -0.1) is 5.10 Å². The number of aromatic amines is 1. The van der Waals surface area contributed by atoms with Crippen molar-refractivity contribution in [2.24, 2.45) is 0 Å². The molecule has 0 unspecified atom stereocenters. The summed E-state index contributed by atoms with van der Waals surface area (Å²) >= 11 is 3.53. The third kappa shape index (κ3) is 4.57. The number of aromatic nitrogens is 3. The number of H-pyrrole nitrogens is 1. The van der Waals surface area contributed by atoms with Crippen LogP contribution < -0.4 is 5.32 Å². The average Bonchev–Trinajstić information content (AvgIpc) is 3.05. The Labute approximate surface area is 157 Å². The molecule has 2 aromatic carbocycles. The number of rotatable bonds is 5. The molecule has 5 nitrogen and oxygen atoms in total. The van der Waals surface area contributed by atoms with E-state index in [1.807, 2.05) is 55.5 Å². The molecule has 0 saturated carbocycles. The first kappa shape index (κ1) is 17.0. The number of thioether (sulfide) groups is 1. The van der Waals surface area contributed by atoms with Gasteiger partial charge in [0, 0.05) is 14.8 Å². The Balaban J connectivity index is 1.56. The summed E-state index contributed by atoms with van der Waals surface area (Å²) < 4.78 is 1.13. The molecular formula is C17H15IN4OS. The van der Waals surface area contributed by atoms with Gasteiger partial charge >= 0.3 is 0 Å². The summed E-state index contributed by atoms with van der Waals surface area (Å²) in [6.45, 7) is 2.04. The summed E-state index contributed by atoms with van der Waals surface area (Å²) in [5.74, 6) is 0.885. The molecule has 122 valence electrons. The maximum absolute atomic E-state index is 12.0. The van der Waals surface area contributed by atoms with Gasteiger partial charge in [0.15, 0.2) is 5.82 Å². The maximum atomic E-state index is 12.0. The van der Waals surface area contributed by atoms with Gasteiger partial charge in [-0.3, -0.25) is 9.89 Å². The lowest BCUT2D eigenvalue weighted by Gasteiger charge is -2.03. The van der Waals surface area contributed by atoms with Gasteiger partial charge in [-0.05, 0) is 53.8 Å². The molecule has 0 spiro atoms. The minimum absolute atomic E-state index is 0.0807. The van der Waals surface area contributed by atoms with Crippen LogP contribution in [-0.2, 0) is 4.79 Å².